The Kier molecular flexibility index (Phi) is 2.92. The second-order valence-corrected chi connectivity index (χ2v) is 3.40. The van der Waals surface area contributed by atoms with Crippen molar-refractivity contribution in [1.29, 1.82) is 0 Å². The van der Waals surface area contributed by atoms with Crippen LogP contribution in [0.3, 0.4) is 0 Å². The molecule has 2 nitrogen and oxygen atoms in total. The van der Waals surface area contributed by atoms with E-state index in [1.807, 2.05) is 0 Å². The van der Waals surface area contributed by atoms with Gasteiger partial charge in [0.15, 0.2) is 0 Å². The van der Waals surface area contributed by atoms with Gasteiger partial charge in [-0.2, -0.15) is 0 Å². The van der Waals surface area contributed by atoms with Gasteiger partial charge in [0.25, 0.3) is 0 Å². The number of nitrogens with two attached hydrogens (primary N) is 1. The molecule has 0 bridgehead atoms. The second kappa shape index (κ2) is 4.37. The van der Waals surface area contributed by atoms with Crippen molar-refractivity contribution in [1.82, 2.24) is 4.98 Å². The highest BCUT2D eigenvalue weighted by atomic mass is 19.1. The Morgan fingerprint density at radius 2 is 1.88 bits per heavy atom. The molecule has 0 amide bonds. The molecule has 16 heavy (non-hydrogen) atoms. The first kappa shape index (κ1) is 10.7. The Balaban J connectivity index is 2.48. The minimum atomic E-state index is -0.420. The SMILES string of the molecule is NCc1cc(-c2cncc(F)c2)ccc1F. The van der Waals surface area contributed by atoms with Crippen molar-refractivity contribution in [2.45, 2.75) is 6.54 Å². The monoisotopic (exact) mass is 220 g/mol. The highest BCUT2D eigenvalue weighted by Crippen LogP contribution is 2.21. The quantitative estimate of drug-likeness (QED) is 0.844. The van der Waals surface area contributed by atoms with E-state index in [1.165, 1.54) is 18.3 Å². The fourth-order valence-corrected chi connectivity index (χ4v) is 1.48. The molecule has 82 valence electrons. The summed E-state index contributed by atoms with van der Waals surface area (Å²) in [4.78, 5) is 3.74. The fourth-order valence-electron chi connectivity index (χ4n) is 1.48. The zero-order chi connectivity index (χ0) is 11.5. The van der Waals surface area contributed by atoms with Crippen molar-refractivity contribution >= 4 is 0 Å². The summed E-state index contributed by atoms with van der Waals surface area (Å²) in [5.74, 6) is -0.772. The lowest BCUT2D eigenvalue weighted by atomic mass is 10.0. The highest BCUT2D eigenvalue weighted by Gasteiger charge is 2.04. The van der Waals surface area contributed by atoms with Crippen LogP contribution in [0.25, 0.3) is 11.1 Å². The number of halogens is 2. The number of aromatic nitrogens is 1. The lowest BCUT2D eigenvalue weighted by Crippen LogP contribution is -1.99. The zero-order valence-electron chi connectivity index (χ0n) is 8.45. The summed E-state index contributed by atoms with van der Waals surface area (Å²) in [7, 11) is 0. The maximum atomic E-state index is 13.2. The second-order valence-electron chi connectivity index (χ2n) is 3.40. The number of benzene rings is 1. The van der Waals surface area contributed by atoms with Gasteiger partial charge in [0.1, 0.15) is 11.6 Å². The molecular formula is C12H10F2N2. The van der Waals surface area contributed by atoms with Gasteiger partial charge >= 0.3 is 0 Å². The van der Waals surface area contributed by atoms with Crippen molar-refractivity contribution < 1.29 is 8.78 Å². The number of pyridine rings is 1. The number of nitrogens with zero attached hydrogens (tertiary/aromatic N) is 1. The van der Waals surface area contributed by atoms with Crippen LogP contribution < -0.4 is 5.73 Å². The van der Waals surface area contributed by atoms with E-state index in [0.717, 1.165) is 6.20 Å². The molecule has 0 spiro atoms. The topological polar surface area (TPSA) is 38.9 Å². The summed E-state index contributed by atoms with van der Waals surface area (Å²) < 4.78 is 26.1. The van der Waals surface area contributed by atoms with Gasteiger partial charge in [0, 0.05) is 23.9 Å². The zero-order valence-corrected chi connectivity index (χ0v) is 8.45. The molecule has 0 radical (unpaired) electrons. The molecule has 0 aliphatic carbocycles. The van der Waals surface area contributed by atoms with E-state index in [9.17, 15) is 8.78 Å². The van der Waals surface area contributed by atoms with Crippen molar-refractivity contribution in [2.24, 2.45) is 5.73 Å². The lowest BCUT2D eigenvalue weighted by Gasteiger charge is -2.05. The van der Waals surface area contributed by atoms with E-state index in [2.05, 4.69) is 4.98 Å². The standard InChI is InChI=1S/C12H10F2N2/c13-11-4-10(6-16-7-11)8-1-2-12(14)9(3-8)5-15/h1-4,6-7H,5,15H2. The van der Waals surface area contributed by atoms with Crippen molar-refractivity contribution in [3.8, 4) is 11.1 Å². The molecule has 1 heterocycles. The molecule has 0 aliphatic rings. The molecule has 0 unspecified atom stereocenters. The Labute approximate surface area is 91.7 Å². The first-order valence-corrected chi connectivity index (χ1v) is 4.80. The fraction of sp³-hybridized carbons (Fsp3) is 0.0833. The first-order valence-electron chi connectivity index (χ1n) is 4.80. The summed E-state index contributed by atoms with van der Waals surface area (Å²) in [5, 5.41) is 0. The molecule has 2 rings (SSSR count). The molecular weight excluding hydrogens is 210 g/mol. The van der Waals surface area contributed by atoms with E-state index in [0.29, 0.717) is 16.7 Å². The van der Waals surface area contributed by atoms with Gasteiger partial charge in [-0.3, -0.25) is 4.98 Å². The molecule has 1 aromatic carbocycles. The molecule has 4 heteroatoms. The maximum Gasteiger partial charge on any atom is 0.142 e. The minimum absolute atomic E-state index is 0.114. The molecule has 0 atom stereocenters. The van der Waals surface area contributed by atoms with Crippen molar-refractivity contribution in [3.63, 3.8) is 0 Å². The average molecular weight is 220 g/mol. The van der Waals surface area contributed by atoms with Crippen LogP contribution in [0.1, 0.15) is 5.56 Å². The van der Waals surface area contributed by atoms with E-state index < -0.39 is 5.82 Å². The van der Waals surface area contributed by atoms with E-state index in [-0.39, 0.29) is 12.4 Å². The maximum absolute atomic E-state index is 13.2. The molecule has 2 N–H and O–H groups in total. The minimum Gasteiger partial charge on any atom is -0.326 e. The van der Waals surface area contributed by atoms with Crippen LogP contribution in [-0.2, 0) is 6.54 Å². The smallest absolute Gasteiger partial charge is 0.142 e. The van der Waals surface area contributed by atoms with Gasteiger partial charge < -0.3 is 5.73 Å². The van der Waals surface area contributed by atoms with Crippen molar-refractivity contribution in [2.75, 3.05) is 0 Å². The summed E-state index contributed by atoms with van der Waals surface area (Å²) in [6, 6.07) is 5.85. The van der Waals surface area contributed by atoms with Gasteiger partial charge in [-0.05, 0) is 23.8 Å². The molecule has 2 aromatic rings. The molecule has 0 fully saturated rings. The summed E-state index contributed by atoms with van der Waals surface area (Å²) in [6.07, 6.45) is 2.65. The lowest BCUT2D eigenvalue weighted by molar-refractivity contribution is 0.611. The van der Waals surface area contributed by atoms with Crippen LogP contribution in [0.15, 0.2) is 36.7 Å². The predicted molar refractivity (Wildman–Crippen MR) is 57.5 cm³/mol. The first-order chi connectivity index (χ1) is 7.70. The Hall–Kier alpha value is -1.81. The van der Waals surface area contributed by atoms with Gasteiger partial charge in [0.05, 0.1) is 6.20 Å². The number of hydrogen-bond acceptors (Lipinski definition) is 2. The molecule has 0 saturated carbocycles. The molecule has 0 aliphatic heterocycles. The number of rotatable bonds is 2. The van der Waals surface area contributed by atoms with Crippen LogP contribution >= 0.6 is 0 Å². The molecule has 0 saturated heterocycles. The van der Waals surface area contributed by atoms with Crippen LogP contribution in [0.2, 0.25) is 0 Å². The Bertz CT molecular complexity index is 512. The predicted octanol–water partition coefficient (Wildman–Crippen LogP) is 2.49. The third kappa shape index (κ3) is 2.06. The van der Waals surface area contributed by atoms with Gasteiger partial charge in [-0.1, -0.05) is 6.07 Å². The summed E-state index contributed by atoms with van der Waals surface area (Å²) in [6.45, 7) is 0.114. The summed E-state index contributed by atoms with van der Waals surface area (Å²) >= 11 is 0. The normalized spacial score (nSPS) is 10.4. The van der Waals surface area contributed by atoms with Crippen LogP contribution in [-0.4, -0.2) is 4.98 Å². The Morgan fingerprint density at radius 1 is 1.06 bits per heavy atom. The van der Waals surface area contributed by atoms with Crippen LogP contribution in [0.5, 0.6) is 0 Å². The molecule has 1 aromatic heterocycles. The average Bonchev–Trinajstić information content (AvgIpc) is 2.29. The van der Waals surface area contributed by atoms with Gasteiger partial charge in [0.2, 0.25) is 0 Å². The Morgan fingerprint density at radius 3 is 2.56 bits per heavy atom. The van der Waals surface area contributed by atoms with Crippen molar-refractivity contribution in [3.05, 3.63) is 53.9 Å². The third-order valence-corrected chi connectivity index (χ3v) is 2.30. The van der Waals surface area contributed by atoms with Gasteiger partial charge in [-0.15, -0.1) is 0 Å². The third-order valence-electron chi connectivity index (χ3n) is 2.30. The van der Waals surface area contributed by atoms with Crippen LogP contribution in [0.4, 0.5) is 8.78 Å². The highest BCUT2D eigenvalue weighted by molar-refractivity contribution is 5.63. The largest absolute Gasteiger partial charge is 0.326 e. The van der Waals surface area contributed by atoms with Gasteiger partial charge in [-0.25, -0.2) is 8.78 Å². The number of hydrogen-bond donors (Lipinski definition) is 1. The van der Waals surface area contributed by atoms with Crippen LogP contribution in [0, 0.1) is 11.6 Å². The summed E-state index contributed by atoms with van der Waals surface area (Å²) in [5.41, 5.74) is 7.11. The van der Waals surface area contributed by atoms with E-state index >= 15 is 0 Å². The van der Waals surface area contributed by atoms with E-state index in [4.69, 9.17) is 5.73 Å². The van der Waals surface area contributed by atoms with E-state index in [1.54, 1.807) is 12.1 Å².